The molecule has 1 atom stereocenters. The predicted octanol–water partition coefficient (Wildman–Crippen LogP) is 4.75. The number of nitrogens with zero attached hydrogens (tertiary/aromatic N) is 4. The molecule has 0 aliphatic heterocycles. The van der Waals surface area contributed by atoms with Crippen LogP contribution >= 0.6 is 0 Å². The number of hydrogen-bond acceptors (Lipinski definition) is 6. The van der Waals surface area contributed by atoms with E-state index < -0.39 is 23.7 Å². The van der Waals surface area contributed by atoms with E-state index >= 15 is 0 Å². The van der Waals surface area contributed by atoms with Crippen molar-refractivity contribution in [3.63, 3.8) is 0 Å². The van der Waals surface area contributed by atoms with Gasteiger partial charge in [-0.25, -0.2) is 9.97 Å². The number of halogens is 3. The molecule has 12 heteroatoms. The Balaban J connectivity index is 1.59. The number of ether oxygens (including phenoxy) is 1. The molecule has 0 aliphatic rings. The second kappa shape index (κ2) is 11.4. The number of hydrogen-bond donors (Lipinski definition) is 2. The molecule has 3 heterocycles. The van der Waals surface area contributed by atoms with E-state index in [0.29, 0.717) is 29.4 Å². The summed E-state index contributed by atoms with van der Waals surface area (Å²) < 4.78 is 45.7. The van der Waals surface area contributed by atoms with Crippen LogP contribution in [0.2, 0.25) is 0 Å². The third-order valence-electron chi connectivity index (χ3n) is 5.79. The molecule has 4 aromatic rings. The van der Waals surface area contributed by atoms with Gasteiger partial charge >= 0.3 is 6.18 Å². The molecule has 3 aromatic heterocycles. The molecule has 0 unspecified atom stereocenters. The van der Waals surface area contributed by atoms with Crippen LogP contribution in [0.4, 0.5) is 19.0 Å². The van der Waals surface area contributed by atoms with Crippen LogP contribution in [0, 0.1) is 6.92 Å². The fourth-order valence-corrected chi connectivity index (χ4v) is 3.95. The van der Waals surface area contributed by atoms with E-state index in [2.05, 4.69) is 20.6 Å². The lowest BCUT2D eigenvalue weighted by atomic mass is 10.1. The number of aryl methyl sites for hydroxylation is 1. The molecule has 2 amide bonds. The fourth-order valence-electron chi connectivity index (χ4n) is 3.95. The van der Waals surface area contributed by atoms with Gasteiger partial charge in [-0.15, -0.1) is 0 Å². The zero-order valence-corrected chi connectivity index (χ0v) is 21.3. The molecular formula is C27H25F3N6O3. The Morgan fingerprint density at radius 3 is 2.56 bits per heavy atom. The van der Waals surface area contributed by atoms with Crippen molar-refractivity contribution in [3.05, 3.63) is 89.8 Å². The quantitative estimate of drug-likeness (QED) is 0.313. The van der Waals surface area contributed by atoms with Gasteiger partial charge in [0.25, 0.3) is 5.91 Å². The summed E-state index contributed by atoms with van der Waals surface area (Å²) in [5, 5.41) is 5.27. The van der Waals surface area contributed by atoms with Crippen molar-refractivity contribution in [3.8, 4) is 11.3 Å². The molecule has 0 saturated heterocycles. The Hall–Kier alpha value is -4.58. The Bertz CT molecular complexity index is 1530. The van der Waals surface area contributed by atoms with Gasteiger partial charge in [0.15, 0.2) is 0 Å². The van der Waals surface area contributed by atoms with E-state index in [1.165, 1.54) is 13.2 Å². The SMILES string of the molecule is COCC=CC(=O)N[C@@H](C)c1nc(-c2ccc(C(=O)Nc3cc(C(F)(F)F)ccn3)cc2)c2c(C)nccn12. The lowest BCUT2D eigenvalue weighted by Gasteiger charge is -2.11. The summed E-state index contributed by atoms with van der Waals surface area (Å²) in [4.78, 5) is 37.9. The summed E-state index contributed by atoms with van der Waals surface area (Å²) in [5.41, 5.74) is 2.03. The van der Waals surface area contributed by atoms with Crippen LogP contribution in [0.15, 0.2) is 67.1 Å². The maximum Gasteiger partial charge on any atom is 0.416 e. The smallest absolute Gasteiger partial charge is 0.381 e. The number of carbonyl (C=O) groups excluding carboxylic acids is 2. The average molecular weight is 539 g/mol. The van der Waals surface area contributed by atoms with Crippen LogP contribution in [0.1, 0.15) is 40.4 Å². The molecule has 0 fully saturated rings. The molecule has 39 heavy (non-hydrogen) atoms. The van der Waals surface area contributed by atoms with Crippen molar-refractivity contribution in [2.75, 3.05) is 19.0 Å². The number of carbonyl (C=O) groups is 2. The molecule has 0 bridgehead atoms. The summed E-state index contributed by atoms with van der Waals surface area (Å²) in [6, 6.07) is 7.61. The lowest BCUT2D eigenvalue weighted by Crippen LogP contribution is -2.26. The van der Waals surface area contributed by atoms with Crippen LogP contribution in [-0.2, 0) is 15.7 Å². The number of methoxy groups -OCH3 is 1. The van der Waals surface area contributed by atoms with Crippen LogP contribution in [0.3, 0.4) is 0 Å². The molecule has 202 valence electrons. The Morgan fingerprint density at radius 1 is 1.13 bits per heavy atom. The molecule has 0 aliphatic carbocycles. The minimum atomic E-state index is -4.55. The first kappa shape index (κ1) is 27.5. The zero-order valence-electron chi connectivity index (χ0n) is 21.3. The van der Waals surface area contributed by atoms with E-state index in [9.17, 15) is 22.8 Å². The first-order chi connectivity index (χ1) is 18.6. The second-order valence-corrected chi connectivity index (χ2v) is 8.60. The number of pyridine rings is 1. The number of alkyl halides is 3. The highest BCUT2D eigenvalue weighted by molar-refractivity contribution is 6.04. The van der Waals surface area contributed by atoms with Crippen molar-refractivity contribution in [1.82, 2.24) is 24.7 Å². The number of fused-ring (bicyclic) bond motifs is 1. The largest absolute Gasteiger partial charge is 0.416 e. The average Bonchev–Trinajstić information content (AvgIpc) is 3.30. The summed E-state index contributed by atoms with van der Waals surface area (Å²) in [6.07, 6.45) is 2.82. The first-order valence-corrected chi connectivity index (χ1v) is 11.8. The van der Waals surface area contributed by atoms with Crippen molar-refractivity contribution in [2.24, 2.45) is 0 Å². The number of aromatic nitrogens is 4. The number of amides is 2. The van der Waals surface area contributed by atoms with Crippen molar-refractivity contribution in [2.45, 2.75) is 26.1 Å². The molecule has 2 N–H and O–H groups in total. The molecule has 0 saturated carbocycles. The van der Waals surface area contributed by atoms with E-state index in [1.807, 2.05) is 18.2 Å². The van der Waals surface area contributed by atoms with Gasteiger partial charge in [-0.3, -0.25) is 19.0 Å². The molecule has 4 rings (SSSR count). The second-order valence-electron chi connectivity index (χ2n) is 8.60. The maximum absolute atomic E-state index is 13.0. The lowest BCUT2D eigenvalue weighted by molar-refractivity contribution is -0.137. The van der Waals surface area contributed by atoms with Crippen LogP contribution in [-0.4, -0.2) is 44.9 Å². The number of anilines is 1. The van der Waals surface area contributed by atoms with Gasteiger partial charge < -0.3 is 15.4 Å². The Kier molecular flexibility index (Phi) is 8.05. The zero-order chi connectivity index (χ0) is 28.2. The van der Waals surface area contributed by atoms with Crippen molar-refractivity contribution < 1.29 is 27.5 Å². The van der Waals surface area contributed by atoms with E-state index in [4.69, 9.17) is 9.72 Å². The van der Waals surface area contributed by atoms with Crippen LogP contribution < -0.4 is 10.6 Å². The predicted molar refractivity (Wildman–Crippen MR) is 138 cm³/mol. The van der Waals surface area contributed by atoms with Crippen LogP contribution in [0.5, 0.6) is 0 Å². The minimum absolute atomic E-state index is 0.210. The number of nitrogens with one attached hydrogen (secondary N) is 2. The van der Waals surface area contributed by atoms with Gasteiger partial charge in [-0.05, 0) is 38.1 Å². The van der Waals surface area contributed by atoms with Crippen molar-refractivity contribution in [1.29, 1.82) is 0 Å². The van der Waals surface area contributed by atoms with Gasteiger partial charge in [-0.1, -0.05) is 18.2 Å². The van der Waals surface area contributed by atoms with Gasteiger partial charge in [-0.2, -0.15) is 13.2 Å². The maximum atomic E-state index is 13.0. The molecule has 9 nitrogen and oxygen atoms in total. The third kappa shape index (κ3) is 6.29. The number of benzene rings is 1. The number of rotatable bonds is 8. The summed E-state index contributed by atoms with van der Waals surface area (Å²) in [6.45, 7) is 3.96. The molecule has 0 spiro atoms. The minimum Gasteiger partial charge on any atom is -0.381 e. The molecule has 1 aromatic carbocycles. The monoisotopic (exact) mass is 538 g/mol. The summed E-state index contributed by atoms with van der Waals surface area (Å²) >= 11 is 0. The van der Waals surface area contributed by atoms with E-state index in [-0.39, 0.29) is 17.3 Å². The third-order valence-corrected chi connectivity index (χ3v) is 5.79. The van der Waals surface area contributed by atoms with Gasteiger partial charge in [0.2, 0.25) is 5.91 Å². The van der Waals surface area contributed by atoms with Gasteiger partial charge in [0, 0.05) is 42.9 Å². The van der Waals surface area contributed by atoms with Gasteiger partial charge in [0.1, 0.15) is 11.6 Å². The summed E-state index contributed by atoms with van der Waals surface area (Å²) in [7, 11) is 1.53. The highest BCUT2D eigenvalue weighted by Crippen LogP contribution is 2.31. The van der Waals surface area contributed by atoms with Crippen molar-refractivity contribution >= 4 is 23.1 Å². The fraction of sp³-hybridized carbons (Fsp3) is 0.222. The van der Waals surface area contributed by atoms with E-state index in [1.54, 1.807) is 42.7 Å². The first-order valence-electron chi connectivity index (χ1n) is 11.8. The summed E-state index contributed by atoms with van der Waals surface area (Å²) in [5.74, 6) is -0.538. The van der Waals surface area contributed by atoms with E-state index in [0.717, 1.165) is 23.8 Å². The topological polar surface area (TPSA) is 111 Å². The standard InChI is InChI=1S/C27H25F3N6O3/c1-16-24-23(35-25(36(24)13-12-31-16)17(2)33-22(37)5-4-14-39-3)18-6-8-19(9-7-18)26(38)34-21-15-20(10-11-32-21)27(28,29)30/h4-13,15,17H,14H2,1-3H3,(H,33,37)(H,32,34,38)/t17-/m0/s1. The normalized spacial score (nSPS) is 12.6. The molecule has 0 radical (unpaired) electrons. The Labute approximate surface area is 221 Å². The van der Waals surface area contributed by atoms with Crippen LogP contribution in [0.25, 0.3) is 16.8 Å². The highest BCUT2D eigenvalue weighted by Gasteiger charge is 2.31. The Morgan fingerprint density at radius 2 is 1.87 bits per heavy atom. The van der Waals surface area contributed by atoms with Gasteiger partial charge in [0.05, 0.1) is 35.1 Å². The highest BCUT2D eigenvalue weighted by atomic mass is 19.4. The molecular weight excluding hydrogens is 513 g/mol. The number of imidazole rings is 1.